The van der Waals surface area contributed by atoms with Gasteiger partial charge in [0.15, 0.2) is 0 Å². The molecule has 0 aliphatic rings. The van der Waals surface area contributed by atoms with Crippen molar-refractivity contribution in [3.8, 4) is 11.4 Å². The molecule has 0 atom stereocenters. The second kappa shape index (κ2) is 7.11. The topological polar surface area (TPSA) is 64.2 Å². The first-order valence-electron chi connectivity index (χ1n) is 7.98. The van der Waals surface area contributed by atoms with E-state index in [-0.39, 0.29) is 12.5 Å². The SMILES string of the molecule is CCN(Cc1nc(-c2cccc(C)c2)no1)C(=O)c1cc(Cl)cn1C. The molecule has 0 spiro atoms. The van der Waals surface area contributed by atoms with Gasteiger partial charge in [0.25, 0.3) is 5.91 Å². The third-order valence-electron chi connectivity index (χ3n) is 3.93. The minimum atomic E-state index is -0.132. The zero-order valence-electron chi connectivity index (χ0n) is 14.4. The van der Waals surface area contributed by atoms with Crippen LogP contribution in [0.5, 0.6) is 0 Å². The van der Waals surface area contributed by atoms with E-state index in [2.05, 4.69) is 10.1 Å². The summed E-state index contributed by atoms with van der Waals surface area (Å²) < 4.78 is 7.03. The van der Waals surface area contributed by atoms with Crippen LogP contribution in [0, 0.1) is 6.92 Å². The number of rotatable bonds is 5. The summed E-state index contributed by atoms with van der Waals surface area (Å²) in [5.41, 5.74) is 2.53. The Bertz CT molecular complexity index is 900. The lowest BCUT2D eigenvalue weighted by atomic mass is 10.1. The van der Waals surface area contributed by atoms with Gasteiger partial charge in [-0.1, -0.05) is 40.5 Å². The molecule has 0 unspecified atom stereocenters. The Balaban J connectivity index is 1.78. The van der Waals surface area contributed by atoms with Crippen LogP contribution in [0.15, 0.2) is 41.1 Å². The number of aromatic nitrogens is 3. The molecule has 1 amide bonds. The van der Waals surface area contributed by atoms with E-state index >= 15 is 0 Å². The third-order valence-corrected chi connectivity index (χ3v) is 4.14. The highest BCUT2D eigenvalue weighted by Crippen LogP contribution is 2.19. The molecule has 2 heterocycles. The second-order valence-electron chi connectivity index (χ2n) is 5.85. The lowest BCUT2D eigenvalue weighted by Crippen LogP contribution is -2.31. The van der Waals surface area contributed by atoms with Gasteiger partial charge in [-0.05, 0) is 26.0 Å². The van der Waals surface area contributed by atoms with Crippen LogP contribution in [-0.2, 0) is 13.6 Å². The van der Waals surface area contributed by atoms with Gasteiger partial charge in [-0.2, -0.15) is 4.98 Å². The number of carbonyl (C=O) groups excluding carboxylic acids is 1. The lowest BCUT2D eigenvalue weighted by Gasteiger charge is -2.18. The molecular weight excluding hydrogens is 340 g/mol. The van der Waals surface area contributed by atoms with Crippen LogP contribution in [0.4, 0.5) is 0 Å². The monoisotopic (exact) mass is 358 g/mol. The summed E-state index contributed by atoms with van der Waals surface area (Å²) in [5, 5.41) is 4.55. The molecule has 7 heteroatoms. The van der Waals surface area contributed by atoms with Crippen molar-refractivity contribution in [1.29, 1.82) is 0 Å². The van der Waals surface area contributed by atoms with Crippen LogP contribution in [0.3, 0.4) is 0 Å². The molecule has 6 nitrogen and oxygen atoms in total. The van der Waals surface area contributed by atoms with Gasteiger partial charge in [-0.25, -0.2) is 0 Å². The molecule has 25 heavy (non-hydrogen) atoms. The van der Waals surface area contributed by atoms with E-state index < -0.39 is 0 Å². The summed E-state index contributed by atoms with van der Waals surface area (Å²) in [5.74, 6) is 0.781. The first kappa shape index (κ1) is 17.2. The van der Waals surface area contributed by atoms with Gasteiger partial charge in [-0.3, -0.25) is 4.79 Å². The number of halogens is 1. The van der Waals surface area contributed by atoms with Crippen LogP contribution < -0.4 is 0 Å². The summed E-state index contributed by atoms with van der Waals surface area (Å²) >= 11 is 5.97. The molecule has 0 aliphatic heterocycles. The highest BCUT2D eigenvalue weighted by Gasteiger charge is 2.21. The summed E-state index contributed by atoms with van der Waals surface area (Å²) in [6, 6.07) is 9.52. The molecule has 2 aromatic heterocycles. The molecule has 0 fully saturated rings. The average molecular weight is 359 g/mol. The minimum absolute atomic E-state index is 0.132. The van der Waals surface area contributed by atoms with Gasteiger partial charge in [0.05, 0.1) is 5.02 Å². The standard InChI is InChI=1S/C18H19ClN4O2/c1-4-23(18(24)15-9-14(19)10-22(15)3)11-16-20-17(21-25-16)13-7-5-6-12(2)8-13/h5-10H,4,11H2,1-3H3. The van der Waals surface area contributed by atoms with Crippen LogP contribution in [0.25, 0.3) is 11.4 Å². The van der Waals surface area contributed by atoms with E-state index in [0.29, 0.717) is 29.0 Å². The Hall–Kier alpha value is -2.60. The Morgan fingerprint density at radius 3 is 2.80 bits per heavy atom. The lowest BCUT2D eigenvalue weighted by molar-refractivity contribution is 0.0725. The molecule has 0 N–H and O–H groups in total. The van der Waals surface area contributed by atoms with Gasteiger partial charge >= 0.3 is 0 Å². The highest BCUT2D eigenvalue weighted by molar-refractivity contribution is 6.31. The smallest absolute Gasteiger partial charge is 0.270 e. The summed E-state index contributed by atoms with van der Waals surface area (Å²) in [6.45, 7) is 4.67. The maximum Gasteiger partial charge on any atom is 0.270 e. The van der Waals surface area contributed by atoms with Crippen molar-refractivity contribution in [1.82, 2.24) is 19.6 Å². The number of hydrogen-bond acceptors (Lipinski definition) is 4. The Morgan fingerprint density at radius 1 is 1.36 bits per heavy atom. The van der Waals surface area contributed by atoms with Crippen molar-refractivity contribution in [2.75, 3.05) is 6.54 Å². The largest absolute Gasteiger partial charge is 0.345 e. The van der Waals surface area contributed by atoms with E-state index in [4.69, 9.17) is 16.1 Å². The van der Waals surface area contributed by atoms with E-state index in [9.17, 15) is 4.79 Å². The fourth-order valence-electron chi connectivity index (χ4n) is 2.61. The van der Waals surface area contributed by atoms with Crippen molar-refractivity contribution >= 4 is 17.5 Å². The molecule has 130 valence electrons. The average Bonchev–Trinajstić information content (AvgIpc) is 3.18. The Labute approximate surface area is 151 Å². The van der Waals surface area contributed by atoms with Gasteiger partial charge in [0.1, 0.15) is 12.2 Å². The molecule has 3 aromatic rings. The first-order chi connectivity index (χ1) is 12.0. The molecule has 1 aromatic carbocycles. The fraction of sp³-hybridized carbons (Fsp3) is 0.278. The van der Waals surface area contributed by atoms with Gasteiger partial charge in [-0.15, -0.1) is 0 Å². The number of aryl methyl sites for hydroxylation is 2. The van der Waals surface area contributed by atoms with Crippen LogP contribution in [-0.4, -0.2) is 32.1 Å². The maximum atomic E-state index is 12.7. The highest BCUT2D eigenvalue weighted by atomic mass is 35.5. The third kappa shape index (κ3) is 3.74. The first-order valence-corrected chi connectivity index (χ1v) is 8.36. The second-order valence-corrected chi connectivity index (χ2v) is 6.29. The molecular formula is C18H19ClN4O2. The number of hydrogen-bond donors (Lipinski definition) is 0. The predicted octanol–water partition coefficient (Wildman–Crippen LogP) is 3.70. The zero-order chi connectivity index (χ0) is 18.0. The molecule has 0 radical (unpaired) electrons. The predicted molar refractivity (Wildman–Crippen MR) is 95.3 cm³/mol. The molecule has 0 aliphatic carbocycles. The number of nitrogens with zero attached hydrogens (tertiary/aromatic N) is 4. The van der Waals surface area contributed by atoms with Crippen molar-refractivity contribution in [3.05, 3.63) is 58.7 Å². The van der Waals surface area contributed by atoms with E-state index in [1.807, 2.05) is 38.1 Å². The normalized spacial score (nSPS) is 10.9. The van der Waals surface area contributed by atoms with Gasteiger partial charge in [0, 0.05) is 25.4 Å². The Kier molecular flexibility index (Phi) is 4.90. The van der Waals surface area contributed by atoms with E-state index in [0.717, 1.165) is 11.1 Å². The summed E-state index contributed by atoms with van der Waals surface area (Å²) in [6.07, 6.45) is 1.70. The number of benzene rings is 1. The zero-order valence-corrected chi connectivity index (χ0v) is 15.1. The summed E-state index contributed by atoms with van der Waals surface area (Å²) in [7, 11) is 1.79. The van der Waals surface area contributed by atoms with Gasteiger partial charge < -0.3 is 14.0 Å². The minimum Gasteiger partial charge on any atom is -0.345 e. The van der Waals surface area contributed by atoms with Crippen molar-refractivity contribution in [2.24, 2.45) is 7.05 Å². The molecule has 3 rings (SSSR count). The molecule has 0 saturated carbocycles. The molecule has 0 bridgehead atoms. The summed E-state index contributed by atoms with van der Waals surface area (Å²) in [4.78, 5) is 18.7. The fourth-order valence-corrected chi connectivity index (χ4v) is 2.86. The quantitative estimate of drug-likeness (QED) is 0.697. The van der Waals surface area contributed by atoms with Crippen molar-refractivity contribution in [3.63, 3.8) is 0 Å². The van der Waals surface area contributed by atoms with Crippen LogP contribution in [0.1, 0.15) is 28.9 Å². The Morgan fingerprint density at radius 2 is 2.16 bits per heavy atom. The maximum absolute atomic E-state index is 12.7. The number of amides is 1. The van der Waals surface area contributed by atoms with Crippen LogP contribution in [0.2, 0.25) is 5.02 Å². The van der Waals surface area contributed by atoms with Crippen LogP contribution >= 0.6 is 11.6 Å². The van der Waals surface area contributed by atoms with Crippen molar-refractivity contribution < 1.29 is 9.32 Å². The van der Waals surface area contributed by atoms with Gasteiger partial charge in [0.2, 0.25) is 11.7 Å². The van der Waals surface area contributed by atoms with Crippen molar-refractivity contribution in [2.45, 2.75) is 20.4 Å². The molecule has 0 saturated heterocycles. The number of carbonyl (C=O) groups is 1. The van der Waals surface area contributed by atoms with E-state index in [1.54, 1.807) is 28.8 Å². The van der Waals surface area contributed by atoms with E-state index in [1.165, 1.54) is 0 Å².